The minimum atomic E-state index is -3.06. The Balaban J connectivity index is 2.79. The van der Waals surface area contributed by atoms with Crippen LogP contribution in [0.15, 0.2) is 6.07 Å². The van der Waals surface area contributed by atoms with Crippen LogP contribution in [0.1, 0.15) is 24.7 Å². The summed E-state index contributed by atoms with van der Waals surface area (Å²) >= 11 is 0. The number of nitrogens with zero attached hydrogens (tertiary/aromatic N) is 2. The second kappa shape index (κ2) is 5.45. The zero-order valence-corrected chi connectivity index (χ0v) is 10.6. The SMILES string of the molecule is CCn1nc(C)cc1CS(=O)(=O)CCCN. The topological polar surface area (TPSA) is 78.0 Å². The Labute approximate surface area is 96.6 Å². The lowest BCUT2D eigenvalue weighted by molar-refractivity contribution is 0.583. The summed E-state index contributed by atoms with van der Waals surface area (Å²) in [6, 6.07) is 1.82. The van der Waals surface area contributed by atoms with Crippen molar-refractivity contribution in [3.8, 4) is 0 Å². The number of hydrogen-bond donors (Lipinski definition) is 1. The summed E-state index contributed by atoms with van der Waals surface area (Å²) in [5.41, 5.74) is 6.92. The fourth-order valence-electron chi connectivity index (χ4n) is 1.59. The van der Waals surface area contributed by atoms with Crippen LogP contribution >= 0.6 is 0 Å². The van der Waals surface area contributed by atoms with Gasteiger partial charge < -0.3 is 5.73 Å². The van der Waals surface area contributed by atoms with Crippen LogP contribution in [-0.4, -0.2) is 30.5 Å². The maximum absolute atomic E-state index is 11.7. The maximum atomic E-state index is 11.7. The van der Waals surface area contributed by atoms with Crippen molar-refractivity contribution in [3.05, 3.63) is 17.5 Å². The molecule has 1 rings (SSSR count). The van der Waals surface area contributed by atoms with E-state index in [1.165, 1.54) is 0 Å². The van der Waals surface area contributed by atoms with Gasteiger partial charge in [0.1, 0.15) is 0 Å². The molecule has 0 radical (unpaired) electrons. The van der Waals surface area contributed by atoms with Gasteiger partial charge in [-0.1, -0.05) is 0 Å². The molecule has 16 heavy (non-hydrogen) atoms. The molecule has 0 aliphatic rings. The van der Waals surface area contributed by atoms with Gasteiger partial charge in [0.25, 0.3) is 0 Å². The third-order valence-electron chi connectivity index (χ3n) is 2.31. The van der Waals surface area contributed by atoms with Crippen molar-refractivity contribution < 1.29 is 8.42 Å². The van der Waals surface area contributed by atoms with Crippen LogP contribution in [0.3, 0.4) is 0 Å². The van der Waals surface area contributed by atoms with Gasteiger partial charge in [0.15, 0.2) is 9.84 Å². The molecule has 1 aromatic rings. The highest BCUT2D eigenvalue weighted by Gasteiger charge is 2.15. The molecule has 2 N–H and O–H groups in total. The lowest BCUT2D eigenvalue weighted by atomic mass is 10.4. The third-order valence-corrected chi connectivity index (χ3v) is 3.96. The Hall–Kier alpha value is -0.880. The summed E-state index contributed by atoms with van der Waals surface area (Å²) in [7, 11) is -3.06. The maximum Gasteiger partial charge on any atom is 0.156 e. The summed E-state index contributed by atoms with van der Waals surface area (Å²) < 4.78 is 25.2. The zero-order chi connectivity index (χ0) is 12.2. The summed E-state index contributed by atoms with van der Waals surface area (Å²) in [6.45, 7) is 4.91. The fourth-order valence-corrected chi connectivity index (χ4v) is 3.02. The molecule has 5 nitrogen and oxygen atoms in total. The molecular formula is C10H19N3O2S. The number of sulfone groups is 1. The van der Waals surface area contributed by atoms with Gasteiger partial charge in [0, 0.05) is 6.54 Å². The van der Waals surface area contributed by atoms with Crippen molar-refractivity contribution in [2.24, 2.45) is 5.73 Å². The first-order chi connectivity index (χ1) is 7.48. The molecule has 0 spiro atoms. The summed E-state index contributed by atoms with van der Waals surface area (Å²) in [5, 5.41) is 4.22. The number of aromatic nitrogens is 2. The largest absolute Gasteiger partial charge is 0.330 e. The highest BCUT2D eigenvalue weighted by atomic mass is 32.2. The Bertz CT molecular complexity index is 437. The Morgan fingerprint density at radius 2 is 2.19 bits per heavy atom. The Morgan fingerprint density at radius 1 is 1.50 bits per heavy atom. The first-order valence-electron chi connectivity index (χ1n) is 5.42. The van der Waals surface area contributed by atoms with Crippen LogP contribution < -0.4 is 5.73 Å². The summed E-state index contributed by atoms with van der Waals surface area (Å²) in [4.78, 5) is 0. The molecule has 0 atom stereocenters. The van der Waals surface area contributed by atoms with Crippen LogP contribution in [0.5, 0.6) is 0 Å². The molecule has 0 bridgehead atoms. The van der Waals surface area contributed by atoms with E-state index in [9.17, 15) is 8.42 Å². The van der Waals surface area contributed by atoms with Gasteiger partial charge in [-0.15, -0.1) is 0 Å². The molecule has 0 aliphatic heterocycles. The highest BCUT2D eigenvalue weighted by molar-refractivity contribution is 7.90. The van der Waals surface area contributed by atoms with Gasteiger partial charge in [-0.3, -0.25) is 4.68 Å². The zero-order valence-electron chi connectivity index (χ0n) is 9.81. The van der Waals surface area contributed by atoms with E-state index in [0.717, 1.165) is 11.4 Å². The summed E-state index contributed by atoms with van der Waals surface area (Å²) in [5.74, 6) is 0.207. The predicted octanol–water partition coefficient (Wildman–Crippen LogP) is 0.475. The smallest absolute Gasteiger partial charge is 0.156 e. The van der Waals surface area contributed by atoms with E-state index in [1.54, 1.807) is 4.68 Å². The molecule has 1 heterocycles. The lowest BCUT2D eigenvalue weighted by Gasteiger charge is -2.05. The first-order valence-corrected chi connectivity index (χ1v) is 7.24. The van der Waals surface area contributed by atoms with E-state index in [1.807, 2.05) is 19.9 Å². The van der Waals surface area contributed by atoms with Crippen molar-refractivity contribution in [3.63, 3.8) is 0 Å². The first kappa shape index (κ1) is 13.2. The molecule has 6 heteroatoms. The van der Waals surface area contributed by atoms with Crippen LogP contribution in [-0.2, 0) is 22.1 Å². The number of nitrogens with two attached hydrogens (primary N) is 1. The monoisotopic (exact) mass is 245 g/mol. The number of rotatable bonds is 6. The van der Waals surface area contributed by atoms with Gasteiger partial charge in [0.05, 0.1) is 22.9 Å². The number of aryl methyl sites for hydroxylation is 2. The second-order valence-corrected chi connectivity index (χ2v) is 6.01. The predicted molar refractivity (Wildman–Crippen MR) is 63.8 cm³/mol. The van der Waals surface area contributed by atoms with E-state index in [2.05, 4.69) is 5.10 Å². The average Bonchev–Trinajstić information content (AvgIpc) is 2.55. The minimum absolute atomic E-state index is 0.0572. The second-order valence-electron chi connectivity index (χ2n) is 3.83. The number of hydrogen-bond acceptors (Lipinski definition) is 4. The molecule has 1 aromatic heterocycles. The highest BCUT2D eigenvalue weighted by Crippen LogP contribution is 2.09. The standard InChI is InChI=1S/C10H19N3O2S/c1-3-13-10(7-9(2)12-13)8-16(14,15)6-4-5-11/h7H,3-6,8,11H2,1-2H3. The fraction of sp³-hybridized carbons (Fsp3) is 0.700. The van der Waals surface area contributed by atoms with Gasteiger partial charge in [-0.05, 0) is 32.9 Å². The van der Waals surface area contributed by atoms with Gasteiger partial charge in [-0.25, -0.2) is 8.42 Å². The van der Waals surface area contributed by atoms with Crippen LogP contribution in [0, 0.1) is 6.92 Å². The van der Waals surface area contributed by atoms with Crippen molar-refractivity contribution in [2.75, 3.05) is 12.3 Å². The van der Waals surface area contributed by atoms with Crippen LogP contribution in [0.4, 0.5) is 0 Å². The van der Waals surface area contributed by atoms with Crippen LogP contribution in [0.2, 0.25) is 0 Å². The molecule has 0 amide bonds. The van der Waals surface area contributed by atoms with Gasteiger partial charge in [-0.2, -0.15) is 5.10 Å². The molecule has 0 aromatic carbocycles. The van der Waals surface area contributed by atoms with E-state index < -0.39 is 9.84 Å². The molecule has 0 unspecified atom stereocenters. The van der Waals surface area contributed by atoms with E-state index >= 15 is 0 Å². The molecular weight excluding hydrogens is 226 g/mol. The van der Waals surface area contributed by atoms with Crippen molar-refractivity contribution in [1.29, 1.82) is 0 Å². The quantitative estimate of drug-likeness (QED) is 0.790. The van der Waals surface area contributed by atoms with Gasteiger partial charge >= 0.3 is 0 Å². The normalized spacial score (nSPS) is 11.9. The Kier molecular flexibility index (Phi) is 4.49. The van der Waals surface area contributed by atoms with Crippen LogP contribution in [0.25, 0.3) is 0 Å². The average molecular weight is 245 g/mol. The Morgan fingerprint density at radius 3 is 2.75 bits per heavy atom. The molecule has 0 fully saturated rings. The minimum Gasteiger partial charge on any atom is -0.330 e. The van der Waals surface area contributed by atoms with Crippen molar-refractivity contribution >= 4 is 9.84 Å². The van der Waals surface area contributed by atoms with Crippen molar-refractivity contribution in [2.45, 2.75) is 32.6 Å². The van der Waals surface area contributed by atoms with Crippen molar-refractivity contribution in [1.82, 2.24) is 9.78 Å². The van der Waals surface area contributed by atoms with E-state index in [4.69, 9.17) is 5.73 Å². The lowest BCUT2D eigenvalue weighted by Crippen LogP contribution is -2.15. The van der Waals surface area contributed by atoms with E-state index in [0.29, 0.717) is 19.5 Å². The molecule has 0 saturated carbocycles. The summed E-state index contributed by atoms with van der Waals surface area (Å²) in [6.07, 6.45) is 0.515. The van der Waals surface area contributed by atoms with E-state index in [-0.39, 0.29) is 11.5 Å². The molecule has 0 aliphatic carbocycles. The third kappa shape index (κ3) is 3.61. The van der Waals surface area contributed by atoms with Gasteiger partial charge in [0.2, 0.25) is 0 Å². The molecule has 92 valence electrons. The molecule has 0 saturated heterocycles.